The van der Waals surface area contributed by atoms with E-state index in [4.69, 9.17) is 0 Å². The maximum atomic E-state index is 10.7. The summed E-state index contributed by atoms with van der Waals surface area (Å²) < 4.78 is 4.44. The van der Waals surface area contributed by atoms with Crippen molar-refractivity contribution in [2.75, 3.05) is 7.11 Å². The van der Waals surface area contributed by atoms with Crippen LogP contribution in [0.2, 0.25) is 0 Å². The molecule has 90 valence electrons. The molecule has 0 aromatic rings. The Labute approximate surface area is 99.1 Å². The fourth-order valence-electron chi connectivity index (χ4n) is 1.30. The Morgan fingerprint density at radius 3 is 2.56 bits per heavy atom. The topological polar surface area (TPSA) is 26.3 Å². The maximum Gasteiger partial charge on any atom is 0.331 e. The second-order valence-corrected chi connectivity index (χ2v) is 3.70. The van der Waals surface area contributed by atoms with Gasteiger partial charge in [-0.05, 0) is 12.5 Å². The molecule has 0 aromatic heterocycles. The smallest absolute Gasteiger partial charge is 0.331 e. The first-order chi connectivity index (χ1) is 7.81. The third kappa shape index (κ3) is 10.8. The number of methoxy groups -OCH3 is 1. The summed E-state index contributed by atoms with van der Waals surface area (Å²) in [5.41, 5.74) is 0. The highest BCUT2D eigenvalue weighted by atomic mass is 16.5. The number of esters is 1. The summed E-state index contributed by atoms with van der Waals surface area (Å²) in [6, 6.07) is 0. The normalized spacial score (nSPS) is 9.88. The molecule has 0 aromatic carbocycles. The summed E-state index contributed by atoms with van der Waals surface area (Å²) >= 11 is 0. The minimum absolute atomic E-state index is 0.353. The van der Waals surface area contributed by atoms with Crippen molar-refractivity contribution in [3.63, 3.8) is 0 Å². The van der Waals surface area contributed by atoms with E-state index in [1.165, 1.54) is 45.3 Å². The van der Waals surface area contributed by atoms with Crippen LogP contribution in [0.3, 0.4) is 0 Å². The summed E-state index contributed by atoms with van der Waals surface area (Å²) in [4.78, 5) is 10.7. The van der Waals surface area contributed by atoms with Crippen LogP contribution in [-0.4, -0.2) is 13.1 Å². The number of ether oxygens (including phenoxy) is 1. The standard InChI is InChI=1S/C14H22O2/c1-3-4-5-6-7-8-9-10-11-12-13-14(15)16-2/h12-13H,3-9H2,1-2H3/b13-12+. The van der Waals surface area contributed by atoms with Crippen molar-refractivity contribution in [2.45, 2.75) is 51.9 Å². The SMILES string of the molecule is CCCCCCCCC#C/C=C/C(=O)OC. The van der Waals surface area contributed by atoms with Gasteiger partial charge in [-0.1, -0.05) is 50.9 Å². The van der Waals surface area contributed by atoms with Crippen molar-refractivity contribution in [2.24, 2.45) is 0 Å². The molecule has 0 bridgehead atoms. The molecule has 0 aliphatic rings. The van der Waals surface area contributed by atoms with Crippen LogP contribution in [0.4, 0.5) is 0 Å². The quantitative estimate of drug-likeness (QED) is 0.285. The molecule has 0 fully saturated rings. The molecule has 0 radical (unpaired) electrons. The molecule has 0 saturated carbocycles. The predicted molar refractivity (Wildman–Crippen MR) is 66.9 cm³/mol. The molecule has 2 heteroatoms. The van der Waals surface area contributed by atoms with E-state index in [0.29, 0.717) is 0 Å². The van der Waals surface area contributed by atoms with Crippen molar-refractivity contribution in [1.29, 1.82) is 0 Å². The fraction of sp³-hybridized carbons (Fsp3) is 0.643. The first-order valence-electron chi connectivity index (χ1n) is 6.04. The Hall–Kier alpha value is -1.23. The Kier molecular flexibility index (Phi) is 10.9. The minimum atomic E-state index is -0.353. The molecule has 0 N–H and O–H groups in total. The lowest BCUT2D eigenvalue weighted by atomic mass is 10.1. The van der Waals surface area contributed by atoms with Crippen LogP contribution >= 0.6 is 0 Å². The van der Waals surface area contributed by atoms with Crippen molar-refractivity contribution in [3.8, 4) is 11.8 Å². The third-order valence-electron chi connectivity index (χ3n) is 2.26. The molecular formula is C14H22O2. The zero-order chi connectivity index (χ0) is 12.1. The van der Waals surface area contributed by atoms with Crippen molar-refractivity contribution >= 4 is 5.97 Å². The van der Waals surface area contributed by atoms with Gasteiger partial charge >= 0.3 is 5.97 Å². The van der Waals surface area contributed by atoms with E-state index in [-0.39, 0.29) is 5.97 Å². The van der Waals surface area contributed by atoms with Gasteiger partial charge < -0.3 is 4.74 Å². The van der Waals surface area contributed by atoms with E-state index in [1.54, 1.807) is 6.08 Å². The Balaban J connectivity index is 3.34. The number of carbonyl (C=O) groups is 1. The van der Waals surface area contributed by atoms with E-state index in [2.05, 4.69) is 23.5 Å². The lowest BCUT2D eigenvalue weighted by Gasteiger charge is -1.96. The second-order valence-electron chi connectivity index (χ2n) is 3.70. The van der Waals surface area contributed by atoms with Gasteiger partial charge in [0.2, 0.25) is 0 Å². The van der Waals surface area contributed by atoms with Crippen LogP contribution in [-0.2, 0) is 9.53 Å². The van der Waals surface area contributed by atoms with E-state index in [0.717, 1.165) is 12.8 Å². The molecule has 2 nitrogen and oxygen atoms in total. The van der Waals surface area contributed by atoms with Gasteiger partial charge in [-0.2, -0.15) is 0 Å². The molecule has 0 saturated heterocycles. The number of unbranched alkanes of at least 4 members (excludes halogenated alkanes) is 6. The molecule has 0 amide bonds. The molecule has 16 heavy (non-hydrogen) atoms. The van der Waals surface area contributed by atoms with E-state index >= 15 is 0 Å². The first-order valence-corrected chi connectivity index (χ1v) is 6.04. The van der Waals surface area contributed by atoms with E-state index in [1.807, 2.05) is 0 Å². The highest BCUT2D eigenvalue weighted by molar-refractivity contribution is 5.82. The molecule has 0 atom stereocenters. The van der Waals surface area contributed by atoms with E-state index < -0.39 is 0 Å². The zero-order valence-corrected chi connectivity index (χ0v) is 10.4. The van der Waals surface area contributed by atoms with Crippen molar-refractivity contribution < 1.29 is 9.53 Å². The first kappa shape index (κ1) is 14.8. The number of hydrogen-bond acceptors (Lipinski definition) is 2. The lowest BCUT2D eigenvalue weighted by Crippen LogP contribution is -1.92. The number of allylic oxidation sites excluding steroid dienone is 1. The Bertz CT molecular complexity index is 256. The van der Waals surface area contributed by atoms with Crippen LogP contribution in [0.1, 0.15) is 51.9 Å². The fourth-order valence-corrected chi connectivity index (χ4v) is 1.30. The monoisotopic (exact) mass is 222 g/mol. The average molecular weight is 222 g/mol. The molecule has 0 heterocycles. The highest BCUT2D eigenvalue weighted by Crippen LogP contribution is 2.05. The van der Waals surface area contributed by atoms with Crippen LogP contribution in [0.5, 0.6) is 0 Å². The van der Waals surface area contributed by atoms with Gasteiger partial charge in [-0.3, -0.25) is 0 Å². The number of carbonyl (C=O) groups excluding carboxylic acids is 1. The van der Waals surface area contributed by atoms with Gasteiger partial charge in [0, 0.05) is 12.5 Å². The second kappa shape index (κ2) is 11.8. The number of hydrogen-bond donors (Lipinski definition) is 0. The molecular weight excluding hydrogens is 200 g/mol. The largest absolute Gasteiger partial charge is 0.466 e. The Morgan fingerprint density at radius 1 is 1.19 bits per heavy atom. The summed E-state index contributed by atoms with van der Waals surface area (Å²) in [6.07, 6.45) is 11.5. The molecule has 0 aliphatic carbocycles. The summed E-state index contributed by atoms with van der Waals surface area (Å²) in [5, 5.41) is 0. The Morgan fingerprint density at radius 2 is 1.88 bits per heavy atom. The van der Waals surface area contributed by atoms with E-state index in [9.17, 15) is 4.79 Å². The van der Waals surface area contributed by atoms with Gasteiger partial charge in [-0.25, -0.2) is 4.79 Å². The minimum Gasteiger partial charge on any atom is -0.466 e. The van der Waals surface area contributed by atoms with Gasteiger partial charge in [0.25, 0.3) is 0 Å². The average Bonchev–Trinajstić information content (AvgIpc) is 2.31. The van der Waals surface area contributed by atoms with Gasteiger partial charge in [0.1, 0.15) is 0 Å². The summed E-state index contributed by atoms with van der Waals surface area (Å²) in [7, 11) is 1.36. The van der Waals surface area contributed by atoms with Crippen LogP contribution in [0.25, 0.3) is 0 Å². The van der Waals surface area contributed by atoms with Gasteiger partial charge in [0.15, 0.2) is 0 Å². The highest BCUT2D eigenvalue weighted by Gasteiger charge is 1.88. The molecule has 0 aliphatic heterocycles. The molecule has 0 unspecified atom stereocenters. The van der Waals surface area contributed by atoms with Crippen LogP contribution in [0, 0.1) is 11.8 Å². The molecule has 0 rings (SSSR count). The summed E-state index contributed by atoms with van der Waals surface area (Å²) in [6.45, 7) is 2.22. The van der Waals surface area contributed by atoms with Crippen molar-refractivity contribution in [3.05, 3.63) is 12.2 Å². The maximum absolute atomic E-state index is 10.7. The van der Waals surface area contributed by atoms with Crippen LogP contribution < -0.4 is 0 Å². The van der Waals surface area contributed by atoms with Gasteiger partial charge in [-0.15, -0.1) is 0 Å². The summed E-state index contributed by atoms with van der Waals surface area (Å²) in [5.74, 6) is 5.48. The van der Waals surface area contributed by atoms with Gasteiger partial charge in [0.05, 0.1) is 7.11 Å². The third-order valence-corrected chi connectivity index (χ3v) is 2.26. The van der Waals surface area contributed by atoms with Crippen LogP contribution in [0.15, 0.2) is 12.2 Å². The zero-order valence-electron chi connectivity index (χ0n) is 10.4. The molecule has 0 spiro atoms. The lowest BCUT2D eigenvalue weighted by molar-refractivity contribution is -0.134. The predicted octanol–water partition coefficient (Wildman–Crippen LogP) is 3.47. The van der Waals surface area contributed by atoms with Crippen molar-refractivity contribution in [1.82, 2.24) is 0 Å². The number of rotatable bonds is 7.